The van der Waals surface area contributed by atoms with Crippen molar-refractivity contribution in [2.24, 2.45) is 11.3 Å². The Morgan fingerprint density at radius 3 is 2.78 bits per heavy atom. The van der Waals surface area contributed by atoms with E-state index in [2.05, 4.69) is 44.9 Å². The third-order valence-corrected chi connectivity index (χ3v) is 9.37. The molecule has 1 aliphatic heterocycles. The quantitative estimate of drug-likeness (QED) is 0.255. The van der Waals surface area contributed by atoms with Crippen LogP contribution in [0, 0.1) is 18.3 Å². The molecular weight excluding hydrogens is 510 g/mol. The van der Waals surface area contributed by atoms with Crippen LogP contribution in [0.15, 0.2) is 60.9 Å². The van der Waals surface area contributed by atoms with E-state index in [1.165, 1.54) is 25.7 Å². The fraction of sp³-hybridized carbons (Fsp3) is 0.412. The van der Waals surface area contributed by atoms with Crippen molar-refractivity contribution < 1.29 is 9.53 Å². The molecule has 41 heavy (non-hydrogen) atoms. The molecule has 1 spiro atoms. The highest BCUT2D eigenvalue weighted by molar-refractivity contribution is 5.96. The van der Waals surface area contributed by atoms with Crippen LogP contribution in [-0.2, 0) is 11.2 Å². The number of aromatic nitrogens is 3. The standard InChI is InChI=1S/C34H37N5O2/c1-22-11-12-25-23(19-30(40)28-20-34(28)14-2-3-15-34)7-4-9-26(25)31(22)41-32-27(10-6-17-36-32)29-13-18-37-33(39-29)38-24-8-5-16-35-21-24/h4,6-7,9-13,17-18,24,28,35H,2-3,5,8,14-16,19-21H2,1H3,(H,37,38,39)/t24-,28-/m0/s1. The van der Waals surface area contributed by atoms with E-state index in [0.29, 0.717) is 35.5 Å². The zero-order chi connectivity index (χ0) is 27.8. The minimum Gasteiger partial charge on any atom is -0.437 e. The number of aryl methyl sites for hydroxylation is 1. The fourth-order valence-electron chi connectivity index (χ4n) is 7.04. The van der Waals surface area contributed by atoms with Gasteiger partial charge in [0.15, 0.2) is 0 Å². The first-order chi connectivity index (χ1) is 20.1. The number of benzene rings is 2. The maximum atomic E-state index is 13.3. The van der Waals surface area contributed by atoms with Crippen LogP contribution < -0.4 is 15.4 Å². The molecule has 7 rings (SSSR count). The molecular formula is C34H37N5O2. The summed E-state index contributed by atoms with van der Waals surface area (Å²) >= 11 is 0. The number of Topliss-reactive ketones (excluding diaryl/α,β-unsaturated/α-hetero) is 1. The number of nitrogens with zero attached hydrogens (tertiary/aromatic N) is 3. The molecule has 0 amide bonds. The third kappa shape index (κ3) is 5.19. The summed E-state index contributed by atoms with van der Waals surface area (Å²) in [5.41, 5.74) is 3.97. The molecule has 2 aromatic carbocycles. The average molecular weight is 548 g/mol. The van der Waals surface area contributed by atoms with E-state index in [0.717, 1.165) is 71.3 Å². The lowest BCUT2D eigenvalue weighted by atomic mass is 9.94. The van der Waals surface area contributed by atoms with Crippen LogP contribution in [0.5, 0.6) is 11.6 Å². The molecule has 2 atom stereocenters. The average Bonchev–Trinajstić information content (AvgIpc) is 3.51. The number of hydrogen-bond acceptors (Lipinski definition) is 7. The molecule has 3 heterocycles. The van der Waals surface area contributed by atoms with Crippen LogP contribution >= 0.6 is 0 Å². The molecule has 2 N–H and O–H groups in total. The molecule has 210 valence electrons. The van der Waals surface area contributed by atoms with E-state index in [1.807, 2.05) is 31.2 Å². The second-order valence-electron chi connectivity index (χ2n) is 12.1. The van der Waals surface area contributed by atoms with Crippen LogP contribution in [0.2, 0.25) is 0 Å². The topological polar surface area (TPSA) is 89.0 Å². The van der Waals surface area contributed by atoms with Crippen LogP contribution in [-0.4, -0.2) is 39.9 Å². The highest BCUT2D eigenvalue weighted by atomic mass is 16.5. The summed E-state index contributed by atoms with van der Waals surface area (Å²) < 4.78 is 6.61. The maximum Gasteiger partial charge on any atom is 0.228 e. The molecule has 7 nitrogen and oxygen atoms in total. The zero-order valence-corrected chi connectivity index (χ0v) is 23.7. The normalized spacial score (nSPS) is 21.2. The molecule has 2 aliphatic carbocycles. The molecule has 2 aromatic heterocycles. The lowest BCUT2D eigenvalue weighted by Gasteiger charge is -2.23. The number of nitrogens with one attached hydrogen (secondary N) is 2. The molecule has 4 aromatic rings. The van der Waals surface area contributed by atoms with Gasteiger partial charge in [0.05, 0.1) is 11.3 Å². The Bertz CT molecular complexity index is 1590. The number of piperidine rings is 1. The van der Waals surface area contributed by atoms with Gasteiger partial charge in [0.25, 0.3) is 0 Å². The van der Waals surface area contributed by atoms with E-state index in [-0.39, 0.29) is 5.92 Å². The summed E-state index contributed by atoms with van der Waals surface area (Å²) in [7, 11) is 0. The lowest BCUT2D eigenvalue weighted by molar-refractivity contribution is -0.120. The Labute approximate surface area is 241 Å². The van der Waals surface area contributed by atoms with Gasteiger partial charge < -0.3 is 15.4 Å². The fourth-order valence-corrected chi connectivity index (χ4v) is 7.04. The number of carbonyl (C=O) groups excluding carboxylic acids is 1. The highest BCUT2D eigenvalue weighted by Gasteiger charge is 2.57. The van der Waals surface area contributed by atoms with E-state index in [9.17, 15) is 4.79 Å². The second kappa shape index (κ2) is 10.9. The molecule has 3 fully saturated rings. The minimum atomic E-state index is 0.249. The predicted octanol–water partition coefficient (Wildman–Crippen LogP) is 6.65. The van der Waals surface area contributed by atoms with Crippen LogP contribution in [0.4, 0.5) is 5.95 Å². The van der Waals surface area contributed by atoms with Gasteiger partial charge >= 0.3 is 0 Å². The number of fused-ring (bicyclic) bond motifs is 1. The summed E-state index contributed by atoms with van der Waals surface area (Å²) in [4.78, 5) is 27.2. The lowest BCUT2D eigenvalue weighted by Crippen LogP contribution is -2.38. The molecule has 0 bridgehead atoms. The summed E-state index contributed by atoms with van der Waals surface area (Å²) in [6.07, 6.45) is 12.3. The molecule has 7 heteroatoms. The van der Waals surface area contributed by atoms with Gasteiger partial charge in [-0.05, 0) is 85.7 Å². The Morgan fingerprint density at radius 1 is 1.02 bits per heavy atom. The van der Waals surface area contributed by atoms with Gasteiger partial charge in [0.2, 0.25) is 11.8 Å². The van der Waals surface area contributed by atoms with Crippen molar-refractivity contribution in [1.29, 1.82) is 0 Å². The first kappa shape index (κ1) is 26.1. The number of pyridine rings is 1. The van der Waals surface area contributed by atoms with Gasteiger partial charge in [-0.15, -0.1) is 0 Å². The Kier molecular flexibility index (Phi) is 6.91. The van der Waals surface area contributed by atoms with Crippen molar-refractivity contribution in [2.45, 2.75) is 64.3 Å². The van der Waals surface area contributed by atoms with Crippen molar-refractivity contribution in [3.8, 4) is 22.9 Å². The molecule has 1 saturated heterocycles. The van der Waals surface area contributed by atoms with Crippen LogP contribution in [0.25, 0.3) is 22.0 Å². The van der Waals surface area contributed by atoms with Crippen molar-refractivity contribution in [1.82, 2.24) is 20.3 Å². The van der Waals surface area contributed by atoms with E-state index in [4.69, 9.17) is 9.72 Å². The third-order valence-electron chi connectivity index (χ3n) is 9.37. The Morgan fingerprint density at radius 2 is 1.93 bits per heavy atom. The predicted molar refractivity (Wildman–Crippen MR) is 161 cm³/mol. The number of rotatable bonds is 8. The first-order valence-electron chi connectivity index (χ1n) is 15.1. The highest BCUT2D eigenvalue weighted by Crippen LogP contribution is 2.63. The summed E-state index contributed by atoms with van der Waals surface area (Å²) in [5.74, 6) is 2.51. The second-order valence-corrected chi connectivity index (χ2v) is 12.1. The van der Waals surface area contributed by atoms with Crippen molar-refractivity contribution >= 4 is 22.5 Å². The van der Waals surface area contributed by atoms with Crippen LogP contribution in [0.1, 0.15) is 56.1 Å². The number of ketones is 1. The van der Waals surface area contributed by atoms with Gasteiger partial charge in [0.1, 0.15) is 11.5 Å². The van der Waals surface area contributed by atoms with Gasteiger partial charge in [-0.1, -0.05) is 43.2 Å². The first-order valence-corrected chi connectivity index (χ1v) is 15.1. The smallest absolute Gasteiger partial charge is 0.228 e. The minimum absolute atomic E-state index is 0.249. The van der Waals surface area contributed by atoms with Crippen LogP contribution in [0.3, 0.4) is 0 Å². The Balaban J connectivity index is 1.17. The van der Waals surface area contributed by atoms with Gasteiger partial charge in [0, 0.05) is 42.7 Å². The molecule has 3 aliphatic rings. The van der Waals surface area contributed by atoms with E-state index < -0.39 is 0 Å². The van der Waals surface area contributed by atoms with E-state index >= 15 is 0 Å². The zero-order valence-electron chi connectivity index (χ0n) is 23.7. The van der Waals surface area contributed by atoms with Gasteiger partial charge in [-0.3, -0.25) is 4.79 Å². The summed E-state index contributed by atoms with van der Waals surface area (Å²) in [6, 6.07) is 16.5. The number of ether oxygens (including phenoxy) is 1. The number of anilines is 1. The number of hydrogen-bond donors (Lipinski definition) is 2. The molecule has 0 radical (unpaired) electrons. The molecule has 0 unspecified atom stereocenters. The van der Waals surface area contributed by atoms with Crippen molar-refractivity contribution in [3.63, 3.8) is 0 Å². The molecule has 2 saturated carbocycles. The van der Waals surface area contributed by atoms with Gasteiger partial charge in [-0.2, -0.15) is 0 Å². The van der Waals surface area contributed by atoms with E-state index in [1.54, 1.807) is 12.4 Å². The van der Waals surface area contributed by atoms with Crippen molar-refractivity contribution in [3.05, 3.63) is 72.1 Å². The van der Waals surface area contributed by atoms with Gasteiger partial charge in [-0.25, -0.2) is 15.0 Å². The maximum absolute atomic E-state index is 13.3. The van der Waals surface area contributed by atoms with Crippen molar-refractivity contribution in [2.75, 3.05) is 18.4 Å². The summed E-state index contributed by atoms with van der Waals surface area (Å²) in [5, 5.41) is 8.95. The summed E-state index contributed by atoms with van der Waals surface area (Å²) in [6.45, 7) is 4.01. The largest absolute Gasteiger partial charge is 0.437 e. The number of carbonyl (C=O) groups is 1. The monoisotopic (exact) mass is 547 g/mol. The SMILES string of the molecule is Cc1ccc2c(CC(=O)[C@@H]3CC34CCCC4)cccc2c1Oc1ncccc1-c1ccnc(N[C@H]2CCCNC2)n1. The Hall–Kier alpha value is -3.84.